The molecule has 0 aliphatic carbocycles. The molecule has 0 aromatic carbocycles. The summed E-state index contributed by atoms with van der Waals surface area (Å²) in [6.45, 7) is 9.08. The van der Waals surface area contributed by atoms with Gasteiger partial charge in [-0.2, -0.15) is 0 Å². The summed E-state index contributed by atoms with van der Waals surface area (Å²) in [5.74, 6) is 0. The molecular formula is C12H31N3. The molecule has 0 amide bonds. The predicted molar refractivity (Wildman–Crippen MR) is 70.5 cm³/mol. The average Bonchev–Trinajstić information content (AvgIpc) is 2.21. The lowest BCUT2D eigenvalue weighted by molar-refractivity contribution is 0.329. The first kappa shape index (κ1) is 17.3. The van der Waals surface area contributed by atoms with Crippen LogP contribution in [0.5, 0.6) is 0 Å². The highest BCUT2D eigenvalue weighted by atomic mass is 15.1. The first-order valence-corrected chi connectivity index (χ1v) is 6.20. The van der Waals surface area contributed by atoms with E-state index in [2.05, 4.69) is 36.4 Å². The maximum atomic E-state index is 3.14. The molecule has 0 aromatic heterocycles. The fraction of sp³-hybridized carbons (Fsp3) is 1.00. The second-order valence-electron chi connectivity index (χ2n) is 3.86. The van der Waals surface area contributed by atoms with Gasteiger partial charge in [-0.05, 0) is 66.6 Å². The van der Waals surface area contributed by atoms with Crippen molar-refractivity contribution in [3.8, 4) is 0 Å². The standard InChI is InChI=1S/C8H20N2.C4H11N/c1-4-7-10(3)8-5-6-9-2;1-3-4-5-2/h9H,4-8H2,1-3H3;5H,3-4H2,1-2H3. The van der Waals surface area contributed by atoms with Crippen LogP contribution in [-0.4, -0.2) is 52.2 Å². The van der Waals surface area contributed by atoms with Crippen molar-refractivity contribution in [3.63, 3.8) is 0 Å². The lowest BCUT2D eigenvalue weighted by Gasteiger charge is -2.14. The normalized spacial score (nSPS) is 10.0. The molecule has 3 heteroatoms. The molecule has 15 heavy (non-hydrogen) atoms. The van der Waals surface area contributed by atoms with Gasteiger partial charge in [-0.25, -0.2) is 0 Å². The van der Waals surface area contributed by atoms with Crippen LogP contribution in [0.2, 0.25) is 0 Å². The van der Waals surface area contributed by atoms with E-state index >= 15 is 0 Å². The van der Waals surface area contributed by atoms with Crippen molar-refractivity contribution in [1.29, 1.82) is 0 Å². The van der Waals surface area contributed by atoms with Crippen molar-refractivity contribution >= 4 is 0 Å². The van der Waals surface area contributed by atoms with Crippen LogP contribution < -0.4 is 10.6 Å². The van der Waals surface area contributed by atoms with E-state index in [4.69, 9.17) is 0 Å². The number of hydrogen-bond donors (Lipinski definition) is 2. The van der Waals surface area contributed by atoms with E-state index in [0.717, 1.165) is 13.1 Å². The van der Waals surface area contributed by atoms with Gasteiger partial charge in [0.15, 0.2) is 0 Å². The van der Waals surface area contributed by atoms with Gasteiger partial charge in [0.25, 0.3) is 0 Å². The second kappa shape index (κ2) is 16.3. The minimum Gasteiger partial charge on any atom is -0.320 e. The van der Waals surface area contributed by atoms with E-state index in [-0.39, 0.29) is 0 Å². The van der Waals surface area contributed by atoms with Crippen molar-refractivity contribution in [2.75, 3.05) is 47.3 Å². The summed E-state index contributed by atoms with van der Waals surface area (Å²) in [5, 5.41) is 6.16. The Labute approximate surface area is 96.6 Å². The van der Waals surface area contributed by atoms with Gasteiger partial charge in [0.05, 0.1) is 0 Å². The van der Waals surface area contributed by atoms with Crippen LogP contribution >= 0.6 is 0 Å². The van der Waals surface area contributed by atoms with Gasteiger partial charge in [-0.3, -0.25) is 0 Å². The third-order valence-electron chi connectivity index (χ3n) is 2.07. The first-order valence-electron chi connectivity index (χ1n) is 6.20. The van der Waals surface area contributed by atoms with Crippen molar-refractivity contribution in [2.45, 2.75) is 33.1 Å². The van der Waals surface area contributed by atoms with Gasteiger partial charge in [0.1, 0.15) is 0 Å². The average molecular weight is 217 g/mol. The zero-order chi connectivity index (χ0) is 11.9. The molecule has 3 nitrogen and oxygen atoms in total. The molecule has 0 rings (SSSR count). The summed E-state index contributed by atoms with van der Waals surface area (Å²) in [5.41, 5.74) is 0. The van der Waals surface area contributed by atoms with Crippen molar-refractivity contribution in [2.24, 2.45) is 0 Å². The highest BCUT2D eigenvalue weighted by Gasteiger charge is 1.93. The van der Waals surface area contributed by atoms with Crippen LogP contribution in [0.4, 0.5) is 0 Å². The molecule has 0 saturated carbocycles. The third-order valence-corrected chi connectivity index (χ3v) is 2.07. The van der Waals surface area contributed by atoms with Crippen LogP contribution in [0, 0.1) is 0 Å². The molecule has 2 N–H and O–H groups in total. The maximum Gasteiger partial charge on any atom is -0.000969 e. The SMILES string of the molecule is CCCN(C)CCCNC.CCCNC. The zero-order valence-corrected chi connectivity index (χ0v) is 11.4. The first-order chi connectivity index (χ1) is 7.22. The topological polar surface area (TPSA) is 27.3 Å². The molecule has 0 spiro atoms. The zero-order valence-electron chi connectivity index (χ0n) is 11.4. The molecule has 0 fully saturated rings. The smallest absolute Gasteiger partial charge is 0.000969 e. The fourth-order valence-corrected chi connectivity index (χ4v) is 1.27. The van der Waals surface area contributed by atoms with Crippen molar-refractivity contribution in [3.05, 3.63) is 0 Å². The lowest BCUT2D eigenvalue weighted by Crippen LogP contribution is -2.23. The van der Waals surface area contributed by atoms with E-state index in [1.807, 2.05) is 14.1 Å². The van der Waals surface area contributed by atoms with Gasteiger partial charge < -0.3 is 15.5 Å². The molecule has 0 unspecified atom stereocenters. The summed E-state index contributed by atoms with van der Waals surface area (Å²) in [7, 11) is 6.14. The van der Waals surface area contributed by atoms with Crippen LogP contribution in [0.25, 0.3) is 0 Å². The molecule has 0 heterocycles. The highest BCUT2D eigenvalue weighted by molar-refractivity contribution is 4.50. The van der Waals surface area contributed by atoms with Gasteiger partial charge in [0.2, 0.25) is 0 Å². The second-order valence-corrected chi connectivity index (χ2v) is 3.86. The third kappa shape index (κ3) is 20.1. The van der Waals surface area contributed by atoms with Crippen molar-refractivity contribution in [1.82, 2.24) is 15.5 Å². The molecular weight excluding hydrogens is 186 g/mol. The lowest BCUT2D eigenvalue weighted by atomic mass is 10.3. The maximum absolute atomic E-state index is 3.14. The Morgan fingerprint density at radius 1 is 0.867 bits per heavy atom. The molecule has 0 saturated heterocycles. The monoisotopic (exact) mass is 217 g/mol. The minimum atomic E-state index is 1.13. The van der Waals surface area contributed by atoms with Crippen LogP contribution in [0.3, 0.4) is 0 Å². The summed E-state index contributed by atoms with van der Waals surface area (Å²) >= 11 is 0. The highest BCUT2D eigenvalue weighted by Crippen LogP contribution is 1.87. The van der Waals surface area contributed by atoms with Crippen LogP contribution in [0.1, 0.15) is 33.1 Å². The summed E-state index contributed by atoms with van der Waals surface area (Å²) in [6, 6.07) is 0. The number of nitrogens with zero attached hydrogens (tertiary/aromatic N) is 1. The number of rotatable bonds is 8. The molecule has 94 valence electrons. The molecule has 0 atom stereocenters. The Bertz CT molecular complexity index is 94.9. The minimum absolute atomic E-state index is 1.13. The fourth-order valence-electron chi connectivity index (χ4n) is 1.27. The molecule has 0 aromatic rings. The van der Waals surface area contributed by atoms with Crippen LogP contribution in [0.15, 0.2) is 0 Å². The van der Waals surface area contributed by atoms with Gasteiger partial charge in [0, 0.05) is 0 Å². The van der Waals surface area contributed by atoms with Crippen molar-refractivity contribution < 1.29 is 0 Å². The predicted octanol–water partition coefficient (Wildman–Crippen LogP) is 1.55. The van der Waals surface area contributed by atoms with E-state index < -0.39 is 0 Å². The Balaban J connectivity index is 0. The number of nitrogens with one attached hydrogen (secondary N) is 2. The van der Waals surface area contributed by atoms with E-state index in [9.17, 15) is 0 Å². The van der Waals surface area contributed by atoms with E-state index in [0.29, 0.717) is 0 Å². The molecule has 0 bridgehead atoms. The van der Waals surface area contributed by atoms with Crippen LogP contribution in [-0.2, 0) is 0 Å². The summed E-state index contributed by atoms with van der Waals surface area (Å²) in [6.07, 6.45) is 3.75. The Kier molecular flexibility index (Phi) is 18.8. The van der Waals surface area contributed by atoms with Gasteiger partial charge >= 0.3 is 0 Å². The molecule has 0 aliphatic heterocycles. The Morgan fingerprint density at radius 2 is 1.47 bits per heavy atom. The molecule has 0 aliphatic rings. The quantitative estimate of drug-likeness (QED) is 0.604. The van der Waals surface area contributed by atoms with Gasteiger partial charge in [-0.15, -0.1) is 0 Å². The Morgan fingerprint density at radius 3 is 1.80 bits per heavy atom. The Hall–Kier alpha value is -0.120. The van der Waals surface area contributed by atoms with Gasteiger partial charge in [-0.1, -0.05) is 13.8 Å². The molecule has 0 radical (unpaired) electrons. The summed E-state index contributed by atoms with van der Waals surface area (Å²) in [4.78, 5) is 2.37. The van der Waals surface area contributed by atoms with E-state index in [1.165, 1.54) is 32.4 Å². The summed E-state index contributed by atoms with van der Waals surface area (Å²) < 4.78 is 0. The largest absolute Gasteiger partial charge is 0.320 e. The number of hydrogen-bond acceptors (Lipinski definition) is 3. The van der Waals surface area contributed by atoms with E-state index in [1.54, 1.807) is 0 Å².